The summed E-state index contributed by atoms with van der Waals surface area (Å²) in [4.78, 5) is 0. The van der Waals surface area contributed by atoms with Gasteiger partial charge in [-0.3, -0.25) is 0 Å². The van der Waals surface area contributed by atoms with E-state index in [1.54, 1.807) is 6.07 Å². The van der Waals surface area contributed by atoms with Crippen LogP contribution in [0.5, 0.6) is 0 Å². The molecular weight excluding hydrogens is 330 g/mol. The van der Waals surface area contributed by atoms with Crippen LogP contribution in [0.3, 0.4) is 0 Å². The fraction of sp³-hybridized carbons (Fsp3) is 0.500. The Bertz CT molecular complexity index is 382. The number of unbranched alkanes of at least 4 members (excludes halogenated alkanes) is 1. The zero-order valence-electron chi connectivity index (χ0n) is 9.66. The average Bonchev–Trinajstić information content (AvgIpc) is 2.26. The van der Waals surface area contributed by atoms with Crippen LogP contribution in [0.25, 0.3) is 0 Å². The van der Waals surface area contributed by atoms with E-state index in [0.29, 0.717) is 24.5 Å². The van der Waals surface area contributed by atoms with E-state index in [1.165, 1.54) is 0 Å². The molecule has 0 bridgehead atoms. The normalized spacial score (nSPS) is 11.8. The summed E-state index contributed by atoms with van der Waals surface area (Å²) in [5.41, 5.74) is 0.998. The summed E-state index contributed by atoms with van der Waals surface area (Å²) in [6.45, 7) is 1.15. The van der Waals surface area contributed by atoms with E-state index in [-0.39, 0.29) is 6.42 Å². The first kappa shape index (κ1) is 15.8. The van der Waals surface area contributed by atoms with Crippen LogP contribution in [0.2, 0.25) is 5.02 Å². The summed E-state index contributed by atoms with van der Waals surface area (Å²) >= 11 is 9.25. The number of rotatable bonds is 6. The number of hydrogen-bond acceptors (Lipinski definition) is 1. The van der Waals surface area contributed by atoms with Gasteiger partial charge in [0, 0.05) is 22.5 Å². The quantitative estimate of drug-likeness (QED) is 0.722. The van der Waals surface area contributed by atoms with Gasteiger partial charge in [-0.15, -0.1) is 0 Å². The molecule has 18 heavy (non-hydrogen) atoms. The smallest absolute Gasteiger partial charge is 0.313 e. The first-order chi connectivity index (χ1) is 8.38. The van der Waals surface area contributed by atoms with E-state index < -0.39 is 12.6 Å². The van der Waals surface area contributed by atoms with Crippen molar-refractivity contribution in [2.75, 3.05) is 6.54 Å². The van der Waals surface area contributed by atoms with Crippen LogP contribution in [-0.4, -0.2) is 12.7 Å². The monoisotopic (exact) mass is 343 g/mol. The Hall–Kier alpha value is -0.260. The molecule has 0 radical (unpaired) electrons. The number of halogens is 5. The van der Waals surface area contributed by atoms with Crippen LogP contribution in [0.4, 0.5) is 13.2 Å². The maximum absolute atomic E-state index is 11.9. The number of hydrogen-bond donors (Lipinski definition) is 1. The van der Waals surface area contributed by atoms with Crippen molar-refractivity contribution in [3.05, 3.63) is 33.3 Å². The highest BCUT2D eigenvalue weighted by molar-refractivity contribution is 9.10. The third-order valence-electron chi connectivity index (χ3n) is 2.39. The molecule has 1 rings (SSSR count). The molecule has 0 heterocycles. The largest absolute Gasteiger partial charge is 0.389 e. The second-order valence-corrected chi connectivity index (χ2v) is 5.28. The van der Waals surface area contributed by atoms with Crippen molar-refractivity contribution < 1.29 is 13.2 Å². The third-order valence-corrected chi connectivity index (χ3v) is 3.40. The molecule has 0 aliphatic heterocycles. The van der Waals surface area contributed by atoms with Crippen molar-refractivity contribution in [1.29, 1.82) is 0 Å². The highest BCUT2D eigenvalue weighted by Crippen LogP contribution is 2.22. The SMILES string of the molecule is FC(F)(F)CCCCNCc1cc(Cl)ccc1Br. The summed E-state index contributed by atoms with van der Waals surface area (Å²) in [7, 11) is 0. The Morgan fingerprint density at radius 1 is 1.22 bits per heavy atom. The molecule has 0 unspecified atom stereocenters. The van der Waals surface area contributed by atoms with Gasteiger partial charge in [-0.25, -0.2) is 0 Å². The molecule has 0 aliphatic rings. The molecule has 0 saturated carbocycles. The molecule has 102 valence electrons. The number of benzene rings is 1. The summed E-state index contributed by atoms with van der Waals surface area (Å²) in [5, 5.41) is 3.75. The Morgan fingerprint density at radius 3 is 2.61 bits per heavy atom. The summed E-state index contributed by atoms with van der Waals surface area (Å²) in [6, 6.07) is 5.45. The minimum absolute atomic E-state index is 0.160. The molecule has 1 aromatic carbocycles. The Balaban J connectivity index is 2.20. The molecule has 1 aromatic rings. The highest BCUT2D eigenvalue weighted by atomic mass is 79.9. The molecule has 0 fully saturated rings. The van der Waals surface area contributed by atoms with E-state index in [0.717, 1.165) is 10.0 Å². The van der Waals surface area contributed by atoms with Gasteiger partial charge in [-0.1, -0.05) is 27.5 Å². The Morgan fingerprint density at radius 2 is 1.94 bits per heavy atom. The van der Waals surface area contributed by atoms with Gasteiger partial charge in [-0.2, -0.15) is 13.2 Å². The van der Waals surface area contributed by atoms with Gasteiger partial charge in [0.1, 0.15) is 0 Å². The minimum Gasteiger partial charge on any atom is -0.313 e. The lowest BCUT2D eigenvalue weighted by molar-refractivity contribution is -0.135. The predicted octanol–water partition coefficient (Wildman–Crippen LogP) is 4.92. The van der Waals surface area contributed by atoms with Crippen LogP contribution in [0, 0.1) is 0 Å². The van der Waals surface area contributed by atoms with Crippen molar-refractivity contribution in [3.63, 3.8) is 0 Å². The molecule has 0 aliphatic carbocycles. The van der Waals surface area contributed by atoms with Crippen LogP contribution in [-0.2, 0) is 6.54 Å². The van der Waals surface area contributed by atoms with Gasteiger partial charge >= 0.3 is 6.18 Å². The van der Waals surface area contributed by atoms with E-state index in [9.17, 15) is 13.2 Å². The van der Waals surface area contributed by atoms with E-state index in [2.05, 4.69) is 21.2 Å². The first-order valence-corrected chi connectivity index (χ1v) is 6.77. The van der Waals surface area contributed by atoms with Gasteiger partial charge in [0.05, 0.1) is 0 Å². The van der Waals surface area contributed by atoms with Gasteiger partial charge < -0.3 is 5.32 Å². The van der Waals surface area contributed by atoms with E-state index in [4.69, 9.17) is 11.6 Å². The predicted molar refractivity (Wildman–Crippen MR) is 70.8 cm³/mol. The molecular formula is C12H14BrClF3N. The standard InChI is InChI=1S/C12H14BrClF3N/c13-11-4-3-10(14)7-9(11)8-18-6-2-1-5-12(15,16)17/h3-4,7,18H,1-2,5-6,8H2. The molecule has 6 heteroatoms. The molecule has 0 atom stereocenters. The van der Waals surface area contributed by atoms with Gasteiger partial charge in [0.15, 0.2) is 0 Å². The van der Waals surface area contributed by atoms with Gasteiger partial charge in [0.25, 0.3) is 0 Å². The molecule has 0 amide bonds. The zero-order valence-corrected chi connectivity index (χ0v) is 12.0. The van der Waals surface area contributed by atoms with Crippen molar-refractivity contribution in [3.8, 4) is 0 Å². The molecule has 0 aromatic heterocycles. The van der Waals surface area contributed by atoms with Gasteiger partial charge in [-0.05, 0) is 43.1 Å². The van der Waals surface area contributed by atoms with Crippen LogP contribution in [0.1, 0.15) is 24.8 Å². The minimum atomic E-state index is -4.05. The second kappa shape index (κ2) is 7.36. The molecule has 0 saturated heterocycles. The maximum atomic E-state index is 11.9. The molecule has 1 nitrogen and oxygen atoms in total. The summed E-state index contributed by atoms with van der Waals surface area (Å²) in [5.74, 6) is 0. The summed E-state index contributed by atoms with van der Waals surface area (Å²) < 4.78 is 36.6. The molecule has 0 spiro atoms. The lowest BCUT2D eigenvalue weighted by Gasteiger charge is -2.08. The van der Waals surface area contributed by atoms with Crippen molar-refractivity contribution in [2.45, 2.75) is 32.0 Å². The highest BCUT2D eigenvalue weighted by Gasteiger charge is 2.25. The van der Waals surface area contributed by atoms with Crippen LogP contribution in [0.15, 0.2) is 22.7 Å². The maximum Gasteiger partial charge on any atom is 0.389 e. The Kier molecular flexibility index (Phi) is 6.46. The van der Waals surface area contributed by atoms with Crippen LogP contribution < -0.4 is 5.32 Å². The first-order valence-electron chi connectivity index (χ1n) is 5.60. The van der Waals surface area contributed by atoms with Crippen LogP contribution >= 0.6 is 27.5 Å². The average molecular weight is 345 g/mol. The topological polar surface area (TPSA) is 12.0 Å². The fourth-order valence-electron chi connectivity index (χ4n) is 1.48. The lowest BCUT2D eigenvalue weighted by Crippen LogP contribution is -2.16. The zero-order chi connectivity index (χ0) is 13.6. The number of alkyl halides is 3. The van der Waals surface area contributed by atoms with Crippen molar-refractivity contribution >= 4 is 27.5 Å². The van der Waals surface area contributed by atoms with Gasteiger partial charge in [0.2, 0.25) is 0 Å². The number of nitrogens with one attached hydrogen (secondary N) is 1. The summed E-state index contributed by atoms with van der Waals surface area (Å²) in [6.07, 6.45) is -4.09. The second-order valence-electron chi connectivity index (χ2n) is 3.98. The van der Waals surface area contributed by atoms with Crippen molar-refractivity contribution in [2.24, 2.45) is 0 Å². The lowest BCUT2D eigenvalue weighted by atomic mass is 10.2. The fourth-order valence-corrected chi connectivity index (χ4v) is 2.06. The molecule has 1 N–H and O–H groups in total. The van der Waals surface area contributed by atoms with Crippen molar-refractivity contribution in [1.82, 2.24) is 5.32 Å². The Labute approximate surface area is 118 Å². The van der Waals surface area contributed by atoms with E-state index >= 15 is 0 Å². The van der Waals surface area contributed by atoms with E-state index in [1.807, 2.05) is 12.1 Å². The third kappa shape index (κ3) is 6.61.